The monoisotopic (exact) mass is 240 g/mol. The van der Waals surface area contributed by atoms with Crippen LogP contribution in [0.2, 0.25) is 0 Å². The molecule has 3 unspecified atom stereocenters. The zero-order chi connectivity index (χ0) is 13.1. The standard InChI is InChI=1S/C14H28N2O/c1-5-7-12(3)16(4)13(17)14(15)9-6-8-11(2)10-14/h11-12H,5-10,15H2,1-4H3. The zero-order valence-electron chi connectivity index (χ0n) is 11.8. The van der Waals surface area contributed by atoms with Crippen LogP contribution in [0.1, 0.15) is 59.3 Å². The van der Waals surface area contributed by atoms with Crippen molar-refractivity contribution >= 4 is 5.91 Å². The minimum absolute atomic E-state index is 0.144. The minimum atomic E-state index is -0.603. The second kappa shape index (κ2) is 5.85. The van der Waals surface area contributed by atoms with E-state index in [4.69, 9.17) is 5.73 Å². The van der Waals surface area contributed by atoms with Crippen molar-refractivity contribution in [1.82, 2.24) is 4.90 Å². The van der Waals surface area contributed by atoms with Crippen LogP contribution in [-0.2, 0) is 4.79 Å². The van der Waals surface area contributed by atoms with E-state index in [9.17, 15) is 4.79 Å². The van der Waals surface area contributed by atoms with Crippen molar-refractivity contribution < 1.29 is 4.79 Å². The summed E-state index contributed by atoms with van der Waals surface area (Å²) in [5.74, 6) is 0.720. The molecule has 1 aliphatic carbocycles. The molecule has 0 radical (unpaired) electrons. The Balaban J connectivity index is 2.67. The van der Waals surface area contributed by atoms with Crippen LogP contribution in [0.15, 0.2) is 0 Å². The highest BCUT2D eigenvalue weighted by molar-refractivity contribution is 5.86. The van der Waals surface area contributed by atoms with E-state index < -0.39 is 5.54 Å². The van der Waals surface area contributed by atoms with E-state index in [1.54, 1.807) is 0 Å². The molecule has 0 aromatic heterocycles. The Morgan fingerprint density at radius 2 is 2.24 bits per heavy atom. The average molecular weight is 240 g/mol. The van der Waals surface area contributed by atoms with Gasteiger partial charge in [-0.15, -0.1) is 0 Å². The van der Waals surface area contributed by atoms with Gasteiger partial charge in [-0.05, 0) is 32.1 Å². The number of hydrogen-bond acceptors (Lipinski definition) is 2. The van der Waals surface area contributed by atoms with Gasteiger partial charge in [0.25, 0.3) is 0 Å². The summed E-state index contributed by atoms with van der Waals surface area (Å²) in [4.78, 5) is 14.3. The van der Waals surface area contributed by atoms with E-state index in [1.807, 2.05) is 11.9 Å². The smallest absolute Gasteiger partial charge is 0.242 e. The molecule has 3 atom stereocenters. The predicted octanol–water partition coefficient (Wildman–Crippen LogP) is 2.54. The van der Waals surface area contributed by atoms with E-state index in [0.717, 1.165) is 32.1 Å². The summed E-state index contributed by atoms with van der Waals surface area (Å²) in [5, 5.41) is 0. The highest BCUT2D eigenvalue weighted by Gasteiger charge is 2.40. The van der Waals surface area contributed by atoms with Gasteiger partial charge in [0, 0.05) is 13.1 Å². The lowest BCUT2D eigenvalue weighted by Gasteiger charge is -2.39. The molecule has 0 aromatic carbocycles. The number of likely N-dealkylation sites (N-methyl/N-ethyl adjacent to an activating group) is 1. The van der Waals surface area contributed by atoms with Gasteiger partial charge in [0.05, 0.1) is 5.54 Å². The van der Waals surface area contributed by atoms with Crippen LogP contribution in [0, 0.1) is 5.92 Å². The molecule has 1 rings (SSSR count). The summed E-state index contributed by atoms with van der Waals surface area (Å²) in [6.07, 6.45) is 6.13. The maximum absolute atomic E-state index is 12.5. The number of nitrogens with two attached hydrogens (primary N) is 1. The quantitative estimate of drug-likeness (QED) is 0.821. The van der Waals surface area contributed by atoms with Crippen molar-refractivity contribution in [3.8, 4) is 0 Å². The van der Waals surface area contributed by atoms with E-state index in [0.29, 0.717) is 12.0 Å². The number of amides is 1. The Bertz CT molecular complexity index is 267. The fraction of sp³-hybridized carbons (Fsp3) is 0.929. The van der Waals surface area contributed by atoms with Crippen LogP contribution in [0.4, 0.5) is 0 Å². The maximum atomic E-state index is 12.5. The summed E-state index contributed by atoms with van der Waals surface area (Å²) in [7, 11) is 1.90. The summed E-state index contributed by atoms with van der Waals surface area (Å²) >= 11 is 0. The van der Waals surface area contributed by atoms with Crippen molar-refractivity contribution in [3.05, 3.63) is 0 Å². The van der Waals surface area contributed by atoms with Crippen LogP contribution >= 0.6 is 0 Å². The molecule has 2 N–H and O–H groups in total. The third kappa shape index (κ3) is 3.44. The topological polar surface area (TPSA) is 46.3 Å². The summed E-state index contributed by atoms with van der Waals surface area (Å²) in [5.41, 5.74) is 5.73. The summed E-state index contributed by atoms with van der Waals surface area (Å²) < 4.78 is 0. The second-order valence-corrected chi connectivity index (χ2v) is 5.91. The number of hydrogen-bond donors (Lipinski definition) is 1. The van der Waals surface area contributed by atoms with Crippen molar-refractivity contribution in [2.75, 3.05) is 7.05 Å². The van der Waals surface area contributed by atoms with Crippen molar-refractivity contribution in [3.63, 3.8) is 0 Å². The van der Waals surface area contributed by atoms with Crippen LogP contribution in [0.3, 0.4) is 0 Å². The lowest BCUT2D eigenvalue weighted by Crippen LogP contribution is -2.58. The fourth-order valence-corrected chi connectivity index (χ4v) is 2.95. The average Bonchev–Trinajstić information content (AvgIpc) is 2.27. The minimum Gasteiger partial charge on any atom is -0.341 e. The first kappa shape index (κ1) is 14.5. The molecule has 1 aliphatic rings. The summed E-state index contributed by atoms with van der Waals surface area (Å²) in [6, 6.07) is 0.296. The first-order chi connectivity index (χ1) is 7.90. The molecule has 0 aliphatic heterocycles. The largest absolute Gasteiger partial charge is 0.341 e. The van der Waals surface area contributed by atoms with Crippen molar-refractivity contribution in [2.24, 2.45) is 11.7 Å². The molecule has 3 nitrogen and oxygen atoms in total. The number of rotatable bonds is 4. The van der Waals surface area contributed by atoms with Gasteiger partial charge in [0.1, 0.15) is 0 Å². The van der Waals surface area contributed by atoms with E-state index in [-0.39, 0.29) is 5.91 Å². The predicted molar refractivity (Wildman–Crippen MR) is 71.7 cm³/mol. The van der Waals surface area contributed by atoms with E-state index >= 15 is 0 Å². The molecular formula is C14H28N2O. The van der Waals surface area contributed by atoms with Gasteiger partial charge in [0.2, 0.25) is 5.91 Å². The lowest BCUT2D eigenvalue weighted by molar-refractivity contribution is -0.139. The molecule has 0 bridgehead atoms. The van der Waals surface area contributed by atoms with Crippen LogP contribution in [-0.4, -0.2) is 29.4 Å². The zero-order valence-corrected chi connectivity index (χ0v) is 11.8. The molecular weight excluding hydrogens is 212 g/mol. The SMILES string of the molecule is CCCC(C)N(C)C(=O)C1(N)CCCC(C)C1. The third-order valence-corrected chi connectivity index (χ3v) is 4.15. The van der Waals surface area contributed by atoms with Gasteiger partial charge in [-0.2, -0.15) is 0 Å². The van der Waals surface area contributed by atoms with Crippen molar-refractivity contribution in [1.29, 1.82) is 0 Å². The highest BCUT2D eigenvalue weighted by atomic mass is 16.2. The maximum Gasteiger partial charge on any atom is 0.242 e. The molecule has 0 aromatic rings. The van der Waals surface area contributed by atoms with E-state index in [1.165, 1.54) is 6.42 Å². The molecule has 1 fully saturated rings. The lowest BCUT2D eigenvalue weighted by atomic mass is 9.76. The van der Waals surface area contributed by atoms with Crippen molar-refractivity contribution in [2.45, 2.75) is 70.9 Å². The number of carbonyl (C=O) groups is 1. The first-order valence-corrected chi connectivity index (χ1v) is 6.97. The molecule has 100 valence electrons. The van der Waals surface area contributed by atoms with Gasteiger partial charge < -0.3 is 10.6 Å². The molecule has 0 heterocycles. The van der Waals surface area contributed by atoms with Gasteiger partial charge >= 0.3 is 0 Å². The Hall–Kier alpha value is -0.570. The Morgan fingerprint density at radius 3 is 2.76 bits per heavy atom. The normalized spacial score (nSPS) is 31.0. The van der Waals surface area contributed by atoms with Gasteiger partial charge in [-0.3, -0.25) is 4.79 Å². The molecule has 0 saturated heterocycles. The van der Waals surface area contributed by atoms with Crippen LogP contribution in [0.25, 0.3) is 0 Å². The molecule has 17 heavy (non-hydrogen) atoms. The van der Waals surface area contributed by atoms with Gasteiger partial charge in [0.15, 0.2) is 0 Å². The summed E-state index contributed by atoms with van der Waals surface area (Å²) in [6.45, 7) is 6.45. The Kier molecular flexibility index (Phi) is 4.99. The van der Waals surface area contributed by atoms with Crippen LogP contribution in [0.5, 0.6) is 0 Å². The molecule has 1 saturated carbocycles. The first-order valence-electron chi connectivity index (χ1n) is 6.97. The third-order valence-electron chi connectivity index (χ3n) is 4.15. The molecule has 3 heteroatoms. The van der Waals surface area contributed by atoms with E-state index in [2.05, 4.69) is 20.8 Å². The second-order valence-electron chi connectivity index (χ2n) is 5.91. The Morgan fingerprint density at radius 1 is 1.59 bits per heavy atom. The van der Waals surface area contributed by atoms with Gasteiger partial charge in [-0.1, -0.05) is 33.1 Å². The Labute approximate surface area is 106 Å². The highest BCUT2D eigenvalue weighted by Crippen LogP contribution is 2.32. The molecule has 1 amide bonds. The van der Waals surface area contributed by atoms with Gasteiger partial charge in [-0.25, -0.2) is 0 Å². The van der Waals surface area contributed by atoms with Crippen LogP contribution < -0.4 is 5.73 Å². The number of nitrogens with zero attached hydrogens (tertiary/aromatic N) is 1. The molecule has 0 spiro atoms. The number of carbonyl (C=O) groups excluding carboxylic acids is 1. The fourth-order valence-electron chi connectivity index (χ4n) is 2.95.